The lowest BCUT2D eigenvalue weighted by Gasteiger charge is -2.61. The van der Waals surface area contributed by atoms with E-state index in [1.807, 2.05) is 6.08 Å². The molecule has 5 rings (SSSR count). The van der Waals surface area contributed by atoms with Gasteiger partial charge in [0.25, 0.3) is 0 Å². The minimum absolute atomic E-state index is 0.0717. The maximum Gasteiger partial charge on any atom is 0.217 e. The number of aliphatic hydroxyl groups is 4. The average molecular weight is 620 g/mol. The number of hydrogen-bond donors (Lipinski definition) is 5. The van der Waals surface area contributed by atoms with Gasteiger partial charge in [0.15, 0.2) is 12.1 Å². The van der Waals surface area contributed by atoms with Crippen LogP contribution in [-0.2, 0) is 19.1 Å². The van der Waals surface area contributed by atoms with Gasteiger partial charge >= 0.3 is 0 Å². The monoisotopic (exact) mass is 619 g/mol. The molecule has 0 radical (unpaired) electrons. The molecule has 5 aliphatic rings. The van der Waals surface area contributed by atoms with Crippen molar-refractivity contribution < 1.29 is 39.5 Å². The molecule has 44 heavy (non-hydrogen) atoms. The van der Waals surface area contributed by atoms with E-state index in [1.165, 1.54) is 13.3 Å². The first-order chi connectivity index (χ1) is 20.8. The molecule has 250 valence electrons. The van der Waals surface area contributed by atoms with Crippen LogP contribution in [0.3, 0.4) is 0 Å². The molecule has 0 aromatic carbocycles. The first-order valence-electron chi connectivity index (χ1n) is 17.2. The van der Waals surface area contributed by atoms with Crippen molar-refractivity contribution in [1.29, 1.82) is 0 Å². The zero-order valence-electron chi connectivity index (χ0n) is 27.4. The standard InChI is InChI=1S/C35H57NO8/c1-19(17-37)7-6-8-20(2)24-9-10-25-29-26(12-14-35(24,25)5)34(4)13-11-23(40)15-22(34)16-27(29)43-33-30(36-21(3)39)32(42)31(41)28(18-38)44-33/h15,19-20,24-33,37-38,41-42H,6-14,16-18H2,1-5H3,(H,36,39)/t19-,20-,24-,25-,26-,27+,28-,29-,30-,31-,32-,33-,34+,35-/m1/s1. The summed E-state index contributed by atoms with van der Waals surface area (Å²) in [5, 5.41) is 43.7. The number of ketones is 1. The zero-order chi connectivity index (χ0) is 32.0. The number of nitrogens with one attached hydrogen (secondary N) is 1. The molecule has 1 amide bonds. The molecule has 9 nitrogen and oxygen atoms in total. The van der Waals surface area contributed by atoms with Gasteiger partial charge in [-0.1, -0.05) is 46.1 Å². The SMILES string of the molecule is CC(=O)N[C@H]1[C@H](O[C@H]2CC3=CC(=O)CC[C@]3(C)[C@@H]3CC[C@@]4(C)[C@H](CC[C@@H]4[C@H](C)CCC[C@@H](C)CO)[C@@H]23)O[C@H](CO)[C@@H](O)[C@@H]1O. The first-order valence-corrected chi connectivity index (χ1v) is 17.2. The molecule has 0 spiro atoms. The van der Waals surface area contributed by atoms with Gasteiger partial charge < -0.3 is 35.2 Å². The third-order valence-electron chi connectivity index (χ3n) is 12.9. The van der Waals surface area contributed by atoms with Gasteiger partial charge in [0.05, 0.1) is 12.7 Å². The van der Waals surface area contributed by atoms with E-state index in [9.17, 15) is 30.0 Å². The van der Waals surface area contributed by atoms with Gasteiger partial charge in [0.2, 0.25) is 5.91 Å². The van der Waals surface area contributed by atoms with Crippen LogP contribution in [0.25, 0.3) is 0 Å². The normalized spacial score (nSPS) is 45.0. The van der Waals surface area contributed by atoms with E-state index in [4.69, 9.17) is 9.47 Å². The van der Waals surface area contributed by atoms with Crippen LogP contribution in [0.2, 0.25) is 0 Å². The Hall–Kier alpha value is -1.36. The van der Waals surface area contributed by atoms with E-state index in [2.05, 4.69) is 33.0 Å². The van der Waals surface area contributed by atoms with Crippen LogP contribution in [0.4, 0.5) is 0 Å². The molecule has 1 heterocycles. The Morgan fingerprint density at radius 2 is 1.84 bits per heavy atom. The van der Waals surface area contributed by atoms with Gasteiger partial charge in [-0.05, 0) is 97.4 Å². The number of amides is 1. The maximum absolute atomic E-state index is 12.7. The molecule has 9 heteroatoms. The Balaban J connectivity index is 1.45. The summed E-state index contributed by atoms with van der Waals surface area (Å²) in [6.45, 7) is 10.5. The minimum Gasteiger partial charge on any atom is -0.396 e. The third kappa shape index (κ3) is 6.18. The molecule has 1 saturated heterocycles. The second-order valence-corrected chi connectivity index (χ2v) is 15.6. The highest BCUT2D eigenvalue weighted by Gasteiger charge is 2.63. The second kappa shape index (κ2) is 13.4. The van der Waals surface area contributed by atoms with Gasteiger partial charge in [-0.2, -0.15) is 0 Å². The molecule has 5 N–H and O–H groups in total. The summed E-state index contributed by atoms with van der Waals surface area (Å²) in [6, 6.07) is -0.994. The Morgan fingerprint density at radius 3 is 2.52 bits per heavy atom. The molecule has 1 aliphatic heterocycles. The van der Waals surface area contributed by atoms with Gasteiger partial charge in [0, 0.05) is 20.0 Å². The summed E-state index contributed by atoms with van der Waals surface area (Å²) < 4.78 is 12.9. The lowest BCUT2D eigenvalue weighted by Crippen LogP contribution is -2.66. The van der Waals surface area contributed by atoms with Crippen LogP contribution in [0.15, 0.2) is 11.6 Å². The first kappa shape index (κ1) is 34.0. The van der Waals surface area contributed by atoms with Crippen LogP contribution in [0, 0.1) is 46.3 Å². The van der Waals surface area contributed by atoms with Gasteiger partial charge in [-0.3, -0.25) is 9.59 Å². The minimum atomic E-state index is -1.37. The Labute approximate surface area is 263 Å². The van der Waals surface area contributed by atoms with Crippen molar-refractivity contribution in [3.8, 4) is 0 Å². The third-order valence-corrected chi connectivity index (χ3v) is 12.9. The fourth-order valence-corrected chi connectivity index (χ4v) is 10.5. The second-order valence-electron chi connectivity index (χ2n) is 15.6. The fraction of sp³-hybridized carbons (Fsp3) is 0.886. The lowest BCUT2D eigenvalue weighted by atomic mass is 9.45. The molecule has 4 aliphatic carbocycles. The van der Waals surface area contributed by atoms with Crippen molar-refractivity contribution in [2.75, 3.05) is 13.2 Å². The van der Waals surface area contributed by atoms with Gasteiger partial charge in [0.1, 0.15) is 24.4 Å². The fourth-order valence-electron chi connectivity index (χ4n) is 10.5. The molecule has 4 fully saturated rings. The van der Waals surface area contributed by atoms with Crippen molar-refractivity contribution in [3.63, 3.8) is 0 Å². The predicted octanol–water partition coefficient (Wildman–Crippen LogP) is 3.51. The maximum atomic E-state index is 12.7. The van der Waals surface area contributed by atoms with Crippen molar-refractivity contribution in [2.45, 2.75) is 136 Å². The highest BCUT2D eigenvalue weighted by atomic mass is 16.7. The van der Waals surface area contributed by atoms with E-state index in [0.717, 1.165) is 50.5 Å². The summed E-state index contributed by atoms with van der Waals surface area (Å²) in [4.78, 5) is 24.8. The molecule has 3 saturated carbocycles. The van der Waals surface area contributed by atoms with Crippen LogP contribution >= 0.6 is 0 Å². The zero-order valence-corrected chi connectivity index (χ0v) is 27.4. The van der Waals surface area contributed by atoms with E-state index in [1.54, 1.807) is 0 Å². The summed E-state index contributed by atoms with van der Waals surface area (Å²) in [6.07, 6.45) is 6.58. The van der Waals surface area contributed by atoms with Gasteiger partial charge in [-0.25, -0.2) is 0 Å². The van der Waals surface area contributed by atoms with Crippen LogP contribution in [0.1, 0.15) is 98.8 Å². The molecular formula is C35H57NO8. The number of aliphatic hydroxyl groups excluding tert-OH is 4. The molecule has 14 atom stereocenters. The lowest BCUT2D eigenvalue weighted by molar-refractivity contribution is -0.296. The van der Waals surface area contributed by atoms with Crippen LogP contribution in [-0.4, -0.2) is 82.1 Å². The number of ether oxygens (including phenoxy) is 2. The van der Waals surface area contributed by atoms with E-state index in [-0.39, 0.29) is 41.1 Å². The van der Waals surface area contributed by atoms with E-state index >= 15 is 0 Å². The average Bonchev–Trinajstić information content (AvgIpc) is 3.34. The van der Waals surface area contributed by atoms with Crippen LogP contribution in [0.5, 0.6) is 0 Å². The quantitative estimate of drug-likeness (QED) is 0.250. The molecule has 0 bridgehead atoms. The topological polar surface area (TPSA) is 146 Å². The molecule has 0 aromatic rings. The number of rotatable bonds is 10. The van der Waals surface area contributed by atoms with Crippen molar-refractivity contribution in [2.24, 2.45) is 46.3 Å². The number of carbonyl (C=O) groups is 2. The summed E-state index contributed by atoms with van der Waals surface area (Å²) in [5.41, 5.74) is 1.22. The summed E-state index contributed by atoms with van der Waals surface area (Å²) >= 11 is 0. The number of hydrogen-bond acceptors (Lipinski definition) is 8. The van der Waals surface area contributed by atoms with Crippen LogP contribution < -0.4 is 5.32 Å². The van der Waals surface area contributed by atoms with Crippen molar-refractivity contribution in [1.82, 2.24) is 5.32 Å². The highest BCUT2D eigenvalue weighted by molar-refractivity contribution is 5.91. The Kier molecular flexibility index (Phi) is 10.4. The highest BCUT2D eigenvalue weighted by Crippen LogP contribution is 2.68. The Morgan fingerprint density at radius 1 is 1.09 bits per heavy atom. The van der Waals surface area contributed by atoms with Gasteiger partial charge in [-0.15, -0.1) is 0 Å². The Bertz CT molecular complexity index is 1080. The molecular weight excluding hydrogens is 562 g/mol. The van der Waals surface area contributed by atoms with E-state index in [0.29, 0.717) is 42.4 Å². The number of carbonyl (C=O) groups excluding carboxylic acids is 2. The smallest absolute Gasteiger partial charge is 0.217 e. The number of fused-ring (bicyclic) bond motifs is 5. The predicted molar refractivity (Wildman–Crippen MR) is 165 cm³/mol. The summed E-state index contributed by atoms with van der Waals surface area (Å²) in [7, 11) is 0. The largest absolute Gasteiger partial charge is 0.396 e. The summed E-state index contributed by atoms with van der Waals surface area (Å²) in [5.74, 6) is 2.29. The molecule has 0 unspecified atom stereocenters. The molecule has 0 aromatic heterocycles. The van der Waals surface area contributed by atoms with Crippen molar-refractivity contribution >= 4 is 11.7 Å². The van der Waals surface area contributed by atoms with Crippen molar-refractivity contribution in [3.05, 3.63) is 11.6 Å². The van der Waals surface area contributed by atoms with E-state index < -0.39 is 37.3 Å².